The van der Waals surface area contributed by atoms with Crippen molar-refractivity contribution in [3.63, 3.8) is 0 Å². The first kappa shape index (κ1) is 38.0. The van der Waals surface area contributed by atoms with Crippen molar-refractivity contribution < 1.29 is 32.7 Å². The maximum absolute atomic E-state index is 13.0. The van der Waals surface area contributed by atoms with Crippen molar-refractivity contribution in [2.75, 3.05) is 35.2 Å². The third-order valence-electron chi connectivity index (χ3n) is 10.2. The number of rotatable bonds is 12. The summed E-state index contributed by atoms with van der Waals surface area (Å²) in [7, 11) is -3.95. The molecule has 0 saturated carbocycles. The molecule has 3 aromatic heterocycles. The number of aromatic nitrogens is 5. The van der Waals surface area contributed by atoms with Crippen LogP contribution in [0.4, 0.5) is 22.2 Å². The largest absolute Gasteiger partial charge is 0.387 e. The molecule has 7 N–H and O–H groups in total. The molecule has 2 amide bonds. The highest BCUT2D eigenvalue weighted by molar-refractivity contribution is 7.89. The molecule has 2 fully saturated rings. The molecule has 0 radical (unpaired) electrons. The average Bonchev–Trinajstić information content (AvgIpc) is 4.03. The van der Waals surface area contributed by atoms with Gasteiger partial charge in [0.15, 0.2) is 29.0 Å². The number of anilines is 3. The Labute approximate surface area is 327 Å². The first-order valence-electron chi connectivity index (χ1n) is 18.6. The minimum Gasteiger partial charge on any atom is -0.387 e. The van der Waals surface area contributed by atoms with E-state index in [0.717, 1.165) is 11.1 Å². The monoisotopic (exact) mass is 794 g/mol. The lowest BCUT2D eigenvalue weighted by molar-refractivity contribution is -0.0434. The van der Waals surface area contributed by atoms with Gasteiger partial charge in [0.25, 0.3) is 0 Å². The maximum Gasteiger partial charge on any atom is 0.319 e. The van der Waals surface area contributed by atoms with Gasteiger partial charge in [0.05, 0.1) is 16.9 Å². The number of sulfonamides is 1. The summed E-state index contributed by atoms with van der Waals surface area (Å²) < 4.78 is 36.9. The summed E-state index contributed by atoms with van der Waals surface area (Å²) in [5.41, 5.74) is 3.96. The molecule has 0 unspecified atom stereocenters. The summed E-state index contributed by atoms with van der Waals surface area (Å²) in [6.45, 7) is 3.24. The Kier molecular flexibility index (Phi) is 10.6. The Hall–Kier alpha value is -5.92. The summed E-state index contributed by atoms with van der Waals surface area (Å²) in [5.74, 6) is 1.05. The molecule has 2 aliphatic rings. The predicted octanol–water partition coefficient (Wildman–Crippen LogP) is 3.66. The third-order valence-corrected chi connectivity index (χ3v) is 11.2. The Morgan fingerprint density at radius 1 is 0.982 bits per heavy atom. The summed E-state index contributed by atoms with van der Waals surface area (Å²) >= 11 is 0. The number of ether oxygens (including phenoxy) is 1. The molecule has 296 valence electrons. The van der Waals surface area contributed by atoms with Crippen LogP contribution in [0.25, 0.3) is 11.2 Å². The Bertz CT molecular complexity index is 2430. The van der Waals surface area contributed by atoms with Crippen LogP contribution >= 0.6 is 0 Å². The van der Waals surface area contributed by atoms with Crippen molar-refractivity contribution in [2.24, 2.45) is 5.14 Å². The van der Waals surface area contributed by atoms with Gasteiger partial charge < -0.3 is 40.3 Å². The smallest absolute Gasteiger partial charge is 0.319 e. The van der Waals surface area contributed by atoms with Crippen molar-refractivity contribution in [1.82, 2.24) is 30.0 Å². The summed E-state index contributed by atoms with van der Waals surface area (Å²) in [6, 6.07) is 26.9. The van der Waals surface area contributed by atoms with Crippen LogP contribution in [0.5, 0.6) is 0 Å². The minimum atomic E-state index is -3.95. The van der Waals surface area contributed by atoms with E-state index in [9.17, 15) is 23.4 Å². The number of hydrogen-bond donors (Lipinski definition) is 6. The average molecular weight is 795 g/mol. The van der Waals surface area contributed by atoms with E-state index in [1.807, 2.05) is 48.2 Å². The highest BCUT2D eigenvalue weighted by atomic mass is 32.2. The van der Waals surface area contributed by atoms with Crippen LogP contribution in [-0.4, -0.2) is 87.2 Å². The van der Waals surface area contributed by atoms with E-state index < -0.39 is 40.6 Å². The Morgan fingerprint density at radius 2 is 1.72 bits per heavy atom. The van der Waals surface area contributed by atoms with Crippen LogP contribution < -0.4 is 26.0 Å². The minimum absolute atomic E-state index is 0.0432. The van der Waals surface area contributed by atoms with Crippen LogP contribution in [0.15, 0.2) is 107 Å². The number of carbonyl (C=O) groups excluding carboxylic acids is 1. The van der Waals surface area contributed by atoms with E-state index >= 15 is 0 Å². The lowest BCUT2D eigenvalue weighted by atomic mass is 9.91. The number of aliphatic hydroxyl groups is 2. The number of nitrogens with one attached hydrogen (secondary N) is 3. The molecule has 57 heavy (non-hydrogen) atoms. The van der Waals surface area contributed by atoms with E-state index in [0.29, 0.717) is 66.9 Å². The van der Waals surface area contributed by atoms with Crippen molar-refractivity contribution in [2.45, 2.75) is 61.2 Å². The first-order chi connectivity index (χ1) is 27.6. The molecule has 0 aliphatic carbocycles. The zero-order valence-corrected chi connectivity index (χ0v) is 31.7. The zero-order valence-electron chi connectivity index (χ0n) is 30.8. The molecule has 6 aromatic rings. The Balaban J connectivity index is 1.08. The van der Waals surface area contributed by atoms with E-state index in [4.69, 9.17) is 24.4 Å². The molecule has 18 heteroatoms. The number of carbonyl (C=O) groups is 1. The van der Waals surface area contributed by atoms with Crippen molar-refractivity contribution in [3.05, 3.63) is 120 Å². The second kappa shape index (κ2) is 15.9. The van der Waals surface area contributed by atoms with Gasteiger partial charge in [0.2, 0.25) is 16.0 Å². The summed E-state index contributed by atoms with van der Waals surface area (Å²) in [6.07, 6.45) is -2.04. The molecule has 17 nitrogen and oxygen atoms in total. The number of urea groups is 1. The Morgan fingerprint density at radius 3 is 2.40 bits per heavy atom. The second-order valence-corrected chi connectivity index (χ2v) is 15.6. The molecular weight excluding hydrogens is 753 g/mol. The zero-order chi connectivity index (χ0) is 39.7. The molecule has 2 saturated heterocycles. The van der Waals surface area contributed by atoms with Crippen LogP contribution in [0.1, 0.15) is 54.2 Å². The lowest BCUT2D eigenvalue weighted by Gasteiger charge is -2.22. The number of imidazole rings is 1. The lowest BCUT2D eigenvalue weighted by Crippen LogP contribution is -2.40. The van der Waals surface area contributed by atoms with Crippen LogP contribution in [0, 0.1) is 0 Å². The van der Waals surface area contributed by atoms with Gasteiger partial charge in [-0.3, -0.25) is 4.57 Å². The number of nitrogens with zero attached hydrogens (tertiary/aromatic N) is 6. The van der Waals surface area contributed by atoms with Crippen LogP contribution in [0.2, 0.25) is 0 Å². The van der Waals surface area contributed by atoms with Gasteiger partial charge in [-0.25, -0.2) is 23.3 Å². The topological polar surface area (TPSA) is 236 Å². The van der Waals surface area contributed by atoms with Gasteiger partial charge in [-0.15, -0.1) is 0 Å². The number of hydrogen-bond acceptors (Lipinski definition) is 13. The van der Waals surface area contributed by atoms with Gasteiger partial charge in [-0.2, -0.15) is 9.97 Å². The van der Waals surface area contributed by atoms with Gasteiger partial charge in [0, 0.05) is 43.3 Å². The molecule has 2 aliphatic heterocycles. The van der Waals surface area contributed by atoms with E-state index in [2.05, 4.69) is 50.4 Å². The molecule has 3 aromatic carbocycles. The number of fused-ring (bicyclic) bond motifs is 1. The van der Waals surface area contributed by atoms with Gasteiger partial charge in [-0.05, 0) is 42.2 Å². The second-order valence-electron chi connectivity index (χ2n) is 14.1. The number of aliphatic hydroxyl groups excluding tert-OH is 2. The fraction of sp³-hybridized carbons (Fsp3) is 0.308. The molecule has 8 rings (SSSR count). The van der Waals surface area contributed by atoms with Crippen molar-refractivity contribution in [1.29, 1.82) is 0 Å². The van der Waals surface area contributed by atoms with Crippen LogP contribution in [-0.2, 0) is 21.2 Å². The van der Waals surface area contributed by atoms with Gasteiger partial charge in [0.1, 0.15) is 18.3 Å². The van der Waals surface area contributed by atoms with Crippen molar-refractivity contribution in [3.8, 4) is 0 Å². The number of aryl methyl sites for hydroxylation is 1. The first-order valence-corrected chi connectivity index (χ1v) is 20.1. The van der Waals surface area contributed by atoms with Crippen LogP contribution in [0.3, 0.4) is 0 Å². The predicted molar refractivity (Wildman–Crippen MR) is 210 cm³/mol. The number of primary sulfonamides is 1. The molecule has 5 heterocycles. The highest BCUT2D eigenvalue weighted by Crippen LogP contribution is 2.41. The summed E-state index contributed by atoms with van der Waals surface area (Å²) in [4.78, 5) is 29.4. The number of amides is 2. The molecule has 0 bridgehead atoms. The standard InChI is InChI=1S/C39H42N10O7S/c1-2-25-19-30(56-47-25)34-32(50)33(51)37(55-34)49-22-42-31-35(41-20-29(23-10-5-3-6-11-23)24-12-7-4-8-13-24)45-38(46-36(31)49)48-17-16-27(21-48)44-39(52)43-26-14-9-15-28(18-26)57(40,53)54/h3-15,18-19,22,27,29,32-34,37,50-51H,2,16-17,20-21H2,1H3,(H2,40,53,54)(H,41,45,46)(H2,43,44,52)/t27-,32-,33+,34+,37+/m0/s1. The van der Waals surface area contributed by atoms with E-state index in [1.54, 1.807) is 16.7 Å². The van der Waals surface area contributed by atoms with Gasteiger partial charge >= 0.3 is 6.03 Å². The number of benzene rings is 3. The highest BCUT2D eigenvalue weighted by Gasteiger charge is 2.47. The van der Waals surface area contributed by atoms with E-state index in [-0.39, 0.29) is 22.5 Å². The number of nitrogens with two attached hydrogens (primary N) is 1. The third kappa shape index (κ3) is 8.03. The fourth-order valence-corrected chi connectivity index (χ4v) is 7.83. The molecular formula is C39H42N10O7S. The van der Waals surface area contributed by atoms with Crippen molar-refractivity contribution >= 4 is 44.7 Å². The maximum atomic E-state index is 13.0. The quantitative estimate of drug-likeness (QED) is 0.104. The van der Waals surface area contributed by atoms with E-state index in [1.165, 1.54) is 24.5 Å². The fourth-order valence-electron chi connectivity index (χ4n) is 7.27. The normalized spacial score (nSPS) is 21.0. The van der Waals surface area contributed by atoms with Gasteiger partial charge in [-0.1, -0.05) is 78.8 Å². The molecule has 5 atom stereocenters. The SMILES string of the molecule is CCc1cc([C@H]2O[C@@H](n3cnc4c(NCC(c5ccccc5)c5ccccc5)nc(N5CC[C@H](NC(=O)Nc6cccc(S(N)(=O)=O)c6)C5)nc43)[C@H](O)[C@@H]2O)on1. The molecule has 0 spiro atoms. The summed E-state index contributed by atoms with van der Waals surface area (Å²) in [5, 5.41) is 40.8.